The molecule has 0 bridgehead atoms. The van der Waals surface area contributed by atoms with Crippen molar-refractivity contribution in [3.8, 4) is 5.75 Å². The molecule has 0 heterocycles. The molecule has 0 aliphatic carbocycles. The number of benzene rings is 2. The molecule has 28 heavy (non-hydrogen) atoms. The molecule has 0 aliphatic rings. The number of carbonyl (C=O) groups is 2. The number of hydrogen-bond donors (Lipinski definition) is 3. The smallest absolute Gasteiger partial charge is 0.276 e. The summed E-state index contributed by atoms with van der Waals surface area (Å²) < 4.78 is 5.42. The van der Waals surface area contributed by atoms with Gasteiger partial charge in [0.25, 0.3) is 5.91 Å². The van der Waals surface area contributed by atoms with Crippen molar-refractivity contribution in [3.05, 3.63) is 65.7 Å². The fourth-order valence-corrected chi connectivity index (χ4v) is 2.55. The van der Waals surface area contributed by atoms with Crippen LogP contribution in [0.5, 0.6) is 5.75 Å². The number of thiocarbonyl (C=S) groups is 1. The normalized spacial score (nSPS) is 10.2. The van der Waals surface area contributed by atoms with Crippen LogP contribution in [0.3, 0.4) is 0 Å². The van der Waals surface area contributed by atoms with E-state index in [1.165, 1.54) is 5.56 Å². The third-order valence-electron chi connectivity index (χ3n) is 3.97. The molecular weight excluding hydrogens is 374 g/mol. The molecule has 2 aromatic carbocycles. The van der Waals surface area contributed by atoms with Crippen LogP contribution < -0.4 is 20.9 Å². The van der Waals surface area contributed by atoms with Crippen LogP contribution in [0.2, 0.25) is 0 Å². The number of rotatable bonds is 7. The fourth-order valence-electron chi connectivity index (χ4n) is 2.38. The number of aryl methyl sites for hydroxylation is 1. The molecule has 0 aliphatic heterocycles. The minimum Gasteiger partial charge on any atom is -0.484 e. The molecular formula is C21H25N3O3S. The number of carbonyl (C=O) groups excluding carboxylic acids is 2. The van der Waals surface area contributed by atoms with E-state index in [1.54, 1.807) is 0 Å². The second-order valence-electron chi connectivity index (χ2n) is 6.55. The van der Waals surface area contributed by atoms with Crippen molar-refractivity contribution in [3.63, 3.8) is 0 Å². The topological polar surface area (TPSA) is 79.5 Å². The highest BCUT2D eigenvalue weighted by Crippen LogP contribution is 2.18. The molecule has 2 amide bonds. The van der Waals surface area contributed by atoms with Gasteiger partial charge in [-0.3, -0.25) is 20.4 Å². The van der Waals surface area contributed by atoms with Crippen LogP contribution in [0, 0.1) is 0 Å². The summed E-state index contributed by atoms with van der Waals surface area (Å²) in [4.78, 5) is 23.7. The quantitative estimate of drug-likeness (QED) is 0.493. The van der Waals surface area contributed by atoms with Gasteiger partial charge in [-0.15, -0.1) is 0 Å². The van der Waals surface area contributed by atoms with E-state index in [2.05, 4.69) is 30.0 Å². The summed E-state index contributed by atoms with van der Waals surface area (Å²) >= 11 is 5.00. The number of nitrogens with one attached hydrogen (secondary N) is 3. The lowest BCUT2D eigenvalue weighted by Crippen LogP contribution is -2.49. The van der Waals surface area contributed by atoms with Crippen molar-refractivity contribution in [2.24, 2.45) is 0 Å². The van der Waals surface area contributed by atoms with Gasteiger partial charge in [-0.2, -0.15) is 0 Å². The van der Waals surface area contributed by atoms with Crippen LogP contribution in [0.1, 0.15) is 37.3 Å². The Morgan fingerprint density at radius 1 is 0.964 bits per heavy atom. The van der Waals surface area contributed by atoms with Crippen LogP contribution in [-0.2, 0) is 16.0 Å². The molecule has 0 atom stereocenters. The SMILES string of the molecule is CC(C)c1ccc(OCC(=O)NNC(=S)NC(=O)CCc2ccccc2)cc1. The van der Waals surface area contributed by atoms with Gasteiger partial charge in [-0.1, -0.05) is 56.3 Å². The minimum atomic E-state index is -0.408. The van der Waals surface area contributed by atoms with Gasteiger partial charge in [-0.25, -0.2) is 0 Å². The lowest BCUT2D eigenvalue weighted by molar-refractivity contribution is -0.124. The number of amides is 2. The van der Waals surface area contributed by atoms with E-state index in [9.17, 15) is 9.59 Å². The van der Waals surface area contributed by atoms with Crippen LogP contribution in [0.25, 0.3) is 0 Å². The fraction of sp³-hybridized carbons (Fsp3) is 0.286. The number of hydrogen-bond acceptors (Lipinski definition) is 4. The van der Waals surface area contributed by atoms with Crippen molar-refractivity contribution in [2.45, 2.75) is 32.6 Å². The predicted octanol–water partition coefficient (Wildman–Crippen LogP) is 2.84. The predicted molar refractivity (Wildman–Crippen MR) is 113 cm³/mol. The van der Waals surface area contributed by atoms with E-state index in [1.807, 2.05) is 54.6 Å². The highest BCUT2D eigenvalue weighted by molar-refractivity contribution is 7.80. The van der Waals surface area contributed by atoms with Crippen LogP contribution in [0.4, 0.5) is 0 Å². The zero-order valence-electron chi connectivity index (χ0n) is 16.0. The summed E-state index contributed by atoms with van der Waals surface area (Å²) in [6, 6.07) is 17.3. The van der Waals surface area contributed by atoms with Gasteiger partial charge in [0.15, 0.2) is 11.7 Å². The second-order valence-corrected chi connectivity index (χ2v) is 6.96. The van der Waals surface area contributed by atoms with Gasteiger partial charge in [0.1, 0.15) is 5.75 Å². The average molecular weight is 400 g/mol. The molecule has 0 saturated heterocycles. The molecule has 2 aromatic rings. The summed E-state index contributed by atoms with van der Waals surface area (Å²) in [5, 5.41) is 2.56. The first-order chi connectivity index (χ1) is 13.4. The molecule has 3 N–H and O–H groups in total. The Morgan fingerprint density at radius 3 is 2.29 bits per heavy atom. The van der Waals surface area contributed by atoms with Crippen molar-refractivity contribution >= 4 is 29.1 Å². The molecule has 0 saturated carbocycles. The highest BCUT2D eigenvalue weighted by atomic mass is 32.1. The van der Waals surface area contributed by atoms with Crippen molar-refractivity contribution < 1.29 is 14.3 Å². The first-order valence-corrected chi connectivity index (χ1v) is 9.50. The number of hydrazine groups is 1. The maximum absolute atomic E-state index is 11.9. The van der Waals surface area contributed by atoms with Crippen molar-refractivity contribution in [1.82, 2.24) is 16.2 Å². The molecule has 0 aromatic heterocycles. The van der Waals surface area contributed by atoms with Crippen LogP contribution in [-0.4, -0.2) is 23.5 Å². The largest absolute Gasteiger partial charge is 0.484 e. The summed E-state index contributed by atoms with van der Waals surface area (Å²) in [6.07, 6.45) is 0.917. The maximum atomic E-state index is 11.9. The zero-order valence-corrected chi connectivity index (χ0v) is 16.8. The van der Waals surface area contributed by atoms with E-state index in [0.29, 0.717) is 24.5 Å². The molecule has 0 spiro atoms. The molecule has 6 nitrogen and oxygen atoms in total. The van der Waals surface area contributed by atoms with Gasteiger partial charge in [0, 0.05) is 6.42 Å². The lowest BCUT2D eigenvalue weighted by atomic mass is 10.0. The molecule has 2 rings (SSSR count). The Kier molecular flexibility index (Phi) is 8.42. The summed E-state index contributed by atoms with van der Waals surface area (Å²) in [7, 11) is 0. The van der Waals surface area contributed by atoms with Gasteiger partial charge in [0.2, 0.25) is 5.91 Å². The highest BCUT2D eigenvalue weighted by Gasteiger charge is 2.07. The lowest BCUT2D eigenvalue weighted by Gasteiger charge is -2.12. The van der Waals surface area contributed by atoms with Gasteiger partial charge in [0.05, 0.1) is 0 Å². The molecule has 0 unspecified atom stereocenters. The first-order valence-electron chi connectivity index (χ1n) is 9.09. The van der Waals surface area contributed by atoms with E-state index in [-0.39, 0.29) is 17.6 Å². The maximum Gasteiger partial charge on any atom is 0.276 e. The van der Waals surface area contributed by atoms with E-state index in [4.69, 9.17) is 17.0 Å². The Labute approximate surface area is 170 Å². The Morgan fingerprint density at radius 2 is 1.64 bits per heavy atom. The van der Waals surface area contributed by atoms with Crippen LogP contribution in [0.15, 0.2) is 54.6 Å². The van der Waals surface area contributed by atoms with Gasteiger partial charge >= 0.3 is 0 Å². The average Bonchev–Trinajstić information content (AvgIpc) is 2.70. The third-order valence-corrected chi connectivity index (χ3v) is 4.17. The Hall–Kier alpha value is -2.93. The first kappa shape index (κ1) is 21.4. The van der Waals surface area contributed by atoms with Crippen LogP contribution >= 0.6 is 12.2 Å². The van der Waals surface area contributed by atoms with E-state index in [0.717, 1.165) is 5.56 Å². The Balaban J connectivity index is 1.63. The molecule has 7 heteroatoms. The van der Waals surface area contributed by atoms with Crippen molar-refractivity contribution in [1.29, 1.82) is 0 Å². The van der Waals surface area contributed by atoms with Gasteiger partial charge in [-0.05, 0) is 47.8 Å². The monoisotopic (exact) mass is 399 g/mol. The zero-order chi connectivity index (χ0) is 20.4. The Bertz CT molecular complexity index is 792. The van der Waals surface area contributed by atoms with E-state index >= 15 is 0 Å². The number of ether oxygens (including phenoxy) is 1. The third kappa shape index (κ3) is 7.75. The summed E-state index contributed by atoms with van der Waals surface area (Å²) in [6.45, 7) is 4.05. The molecule has 148 valence electrons. The summed E-state index contributed by atoms with van der Waals surface area (Å²) in [5.74, 6) is 0.410. The molecule has 0 radical (unpaired) electrons. The summed E-state index contributed by atoms with van der Waals surface area (Å²) in [5.41, 5.74) is 7.16. The van der Waals surface area contributed by atoms with E-state index < -0.39 is 5.91 Å². The second kappa shape index (κ2) is 11.0. The van der Waals surface area contributed by atoms with Gasteiger partial charge < -0.3 is 10.1 Å². The standard InChI is InChI=1S/C21H25N3O3S/c1-15(2)17-9-11-18(12-10-17)27-14-20(26)23-24-21(28)22-19(25)13-8-16-6-4-3-5-7-16/h3-7,9-12,15H,8,13-14H2,1-2H3,(H,23,26)(H2,22,24,25,28). The molecule has 0 fully saturated rings. The van der Waals surface area contributed by atoms with Crippen molar-refractivity contribution in [2.75, 3.05) is 6.61 Å². The minimum absolute atomic E-state index is 0.0349.